The van der Waals surface area contributed by atoms with E-state index in [1.807, 2.05) is 0 Å². The first-order chi connectivity index (χ1) is 8.15. The first-order valence-electron chi connectivity index (χ1n) is 3.92. The number of hydrogen-bond acceptors (Lipinski definition) is 6. The summed E-state index contributed by atoms with van der Waals surface area (Å²) in [5.74, 6) is -4.60. The molecule has 1 N–H and O–H groups in total. The summed E-state index contributed by atoms with van der Waals surface area (Å²) in [6.07, 6.45) is -6.03. The predicted molar refractivity (Wildman–Crippen MR) is 45.2 cm³/mol. The highest BCUT2D eigenvalue weighted by Crippen LogP contribution is 2.13. The van der Waals surface area contributed by atoms with E-state index in [-0.39, 0.29) is 0 Å². The molecular weight excluding hydrogens is 261 g/mol. The van der Waals surface area contributed by atoms with Crippen molar-refractivity contribution < 1.29 is 37.4 Å². The fraction of sp³-hybridized carbons (Fsp3) is 0.375. The quantitative estimate of drug-likeness (QED) is 0.569. The molecular formula is C8H5F3N2O5. The number of rotatable bonds is 2. The van der Waals surface area contributed by atoms with Gasteiger partial charge in [0.05, 0.1) is 12.1 Å². The SMILES string of the molecule is N#CCC(=O)OC(=O)CC#N.O=C(O)C(F)(F)F. The second-order valence-electron chi connectivity index (χ2n) is 2.32. The van der Waals surface area contributed by atoms with Crippen molar-refractivity contribution in [2.45, 2.75) is 19.0 Å². The third-order valence-corrected chi connectivity index (χ3v) is 0.917. The second kappa shape index (κ2) is 8.52. The molecule has 0 rings (SSSR count). The summed E-state index contributed by atoms with van der Waals surface area (Å²) in [4.78, 5) is 29.6. The Morgan fingerprint density at radius 2 is 1.33 bits per heavy atom. The number of carbonyl (C=O) groups excluding carboxylic acids is 2. The van der Waals surface area contributed by atoms with E-state index >= 15 is 0 Å². The van der Waals surface area contributed by atoms with Gasteiger partial charge in [0.1, 0.15) is 12.8 Å². The van der Waals surface area contributed by atoms with Crippen molar-refractivity contribution >= 4 is 17.9 Å². The molecule has 18 heavy (non-hydrogen) atoms. The monoisotopic (exact) mass is 266 g/mol. The molecule has 0 aromatic heterocycles. The third kappa shape index (κ3) is 11.5. The van der Waals surface area contributed by atoms with Crippen LogP contribution >= 0.6 is 0 Å². The van der Waals surface area contributed by atoms with Gasteiger partial charge in [-0.2, -0.15) is 23.7 Å². The molecule has 0 aliphatic rings. The van der Waals surface area contributed by atoms with Crippen LogP contribution in [0.25, 0.3) is 0 Å². The number of carbonyl (C=O) groups is 3. The van der Waals surface area contributed by atoms with Crippen molar-refractivity contribution in [3.05, 3.63) is 0 Å². The maximum Gasteiger partial charge on any atom is 0.490 e. The van der Waals surface area contributed by atoms with E-state index in [1.54, 1.807) is 0 Å². The first-order valence-corrected chi connectivity index (χ1v) is 3.92. The summed E-state index contributed by atoms with van der Waals surface area (Å²) in [6.45, 7) is 0. The molecule has 0 bridgehead atoms. The van der Waals surface area contributed by atoms with Crippen molar-refractivity contribution in [3.63, 3.8) is 0 Å². The number of aliphatic carboxylic acids is 1. The van der Waals surface area contributed by atoms with Crippen molar-refractivity contribution in [1.29, 1.82) is 10.5 Å². The Bertz CT molecular complexity index is 378. The van der Waals surface area contributed by atoms with Crippen LogP contribution in [0.15, 0.2) is 0 Å². The van der Waals surface area contributed by atoms with Gasteiger partial charge in [0.2, 0.25) is 0 Å². The van der Waals surface area contributed by atoms with E-state index in [1.165, 1.54) is 12.1 Å². The molecule has 0 atom stereocenters. The van der Waals surface area contributed by atoms with Gasteiger partial charge in [-0.25, -0.2) is 4.79 Å². The van der Waals surface area contributed by atoms with E-state index in [4.69, 9.17) is 20.4 Å². The number of nitrogens with zero attached hydrogens (tertiary/aromatic N) is 2. The van der Waals surface area contributed by atoms with Crippen LogP contribution in [0.3, 0.4) is 0 Å². The Labute approximate surface area is 98.0 Å². The van der Waals surface area contributed by atoms with Crippen LogP contribution in [0.1, 0.15) is 12.8 Å². The zero-order valence-electron chi connectivity index (χ0n) is 8.52. The maximum absolute atomic E-state index is 10.6. The van der Waals surface area contributed by atoms with Gasteiger partial charge < -0.3 is 9.84 Å². The summed E-state index contributed by atoms with van der Waals surface area (Å²) in [7, 11) is 0. The first kappa shape index (κ1) is 17.8. The Morgan fingerprint density at radius 3 is 1.50 bits per heavy atom. The lowest BCUT2D eigenvalue weighted by molar-refractivity contribution is -0.192. The smallest absolute Gasteiger partial charge is 0.475 e. The maximum atomic E-state index is 10.6. The van der Waals surface area contributed by atoms with Gasteiger partial charge >= 0.3 is 24.1 Å². The molecule has 0 saturated heterocycles. The normalized spacial score (nSPS) is 8.94. The summed E-state index contributed by atoms with van der Waals surface area (Å²) < 4.78 is 35.7. The topological polar surface area (TPSA) is 128 Å². The van der Waals surface area contributed by atoms with Gasteiger partial charge in [-0.3, -0.25) is 9.59 Å². The number of halogens is 3. The van der Waals surface area contributed by atoms with Gasteiger partial charge in [-0.1, -0.05) is 0 Å². The summed E-state index contributed by atoms with van der Waals surface area (Å²) in [5, 5.41) is 23.0. The van der Waals surface area contributed by atoms with Gasteiger partial charge in [0, 0.05) is 0 Å². The minimum absolute atomic E-state index is 0.475. The average molecular weight is 266 g/mol. The van der Waals surface area contributed by atoms with Crippen molar-refractivity contribution in [1.82, 2.24) is 0 Å². The summed E-state index contributed by atoms with van der Waals surface area (Å²) in [5.41, 5.74) is 0. The zero-order valence-corrected chi connectivity index (χ0v) is 8.52. The van der Waals surface area contributed by atoms with Crippen LogP contribution in [-0.2, 0) is 19.1 Å². The summed E-state index contributed by atoms with van der Waals surface area (Å²) in [6, 6.07) is 3.01. The molecule has 0 spiro atoms. The molecule has 0 unspecified atom stereocenters. The van der Waals surface area contributed by atoms with Crippen LogP contribution in [-0.4, -0.2) is 29.2 Å². The van der Waals surface area contributed by atoms with Gasteiger partial charge in [0.25, 0.3) is 0 Å². The summed E-state index contributed by atoms with van der Waals surface area (Å²) >= 11 is 0. The number of carboxylic acid groups (broad SMARTS) is 1. The molecule has 10 heteroatoms. The van der Waals surface area contributed by atoms with Gasteiger partial charge in [0.15, 0.2) is 0 Å². The number of alkyl halides is 3. The van der Waals surface area contributed by atoms with E-state index in [0.717, 1.165) is 0 Å². The molecule has 0 fully saturated rings. The molecule has 98 valence electrons. The number of ether oxygens (including phenoxy) is 1. The minimum atomic E-state index is -5.08. The van der Waals surface area contributed by atoms with Crippen molar-refractivity contribution in [3.8, 4) is 12.1 Å². The Morgan fingerprint density at radius 1 is 1.06 bits per heavy atom. The third-order valence-electron chi connectivity index (χ3n) is 0.917. The second-order valence-corrected chi connectivity index (χ2v) is 2.32. The van der Waals surface area contributed by atoms with Crippen LogP contribution in [0, 0.1) is 22.7 Å². The zero-order chi connectivity index (χ0) is 14.8. The minimum Gasteiger partial charge on any atom is -0.475 e. The largest absolute Gasteiger partial charge is 0.490 e. The fourth-order valence-corrected chi connectivity index (χ4v) is 0.328. The van der Waals surface area contributed by atoms with Crippen LogP contribution in [0.4, 0.5) is 13.2 Å². The van der Waals surface area contributed by atoms with Gasteiger partial charge in [-0.05, 0) is 0 Å². The molecule has 0 aromatic carbocycles. The lowest BCUT2D eigenvalue weighted by Gasteiger charge is -1.93. The molecule has 0 saturated carbocycles. The number of esters is 2. The van der Waals surface area contributed by atoms with E-state index in [9.17, 15) is 22.8 Å². The molecule has 0 aliphatic carbocycles. The number of nitriles is 2. The Hall–Kier alpha value is -2.62. The lowest BCUT2D eigenvalue weighted by Crippen LogP contribution is -2.21. The van der Waals surface area contributed by atoms with E-state index in [2.05, 4.69) is 4.74 Å². The van der Waals surface area contributed by atoms with Crippen LogP contribution in [0.2, 0.25) is 0 Å². The highest BCUT2D eigenvalue weighted by Gasteiger charge is 2.38. The lowest BCUT2D eigenvalue weighted by atomic mass is 10.4. The Kier molecular flexibility index (Phi) is 8.41. The molecule has 0 aliphatic heterocycles. The van der Waals surface area contributed by atoms with Crippen molar-refractivity contribution in [2.75, 3.05) is 0 Å². The van der Waals surface area contributed by atoms with Crippen LogP contribution in [0.5, 0.6) is 0 Å². The number of carboxylic acids is 1. The molecule has 0 aromatic rings. The number of hydrogen-bond donors (Lipinski definition) is 1. The predicted octanol–water partition coefficient (Wildman–Crippen LogP) is 0.517. The standard InChI is InChI=1S/C6H4N2O3.C2HF3O2/c7-3-1-5(9)11-6(10)2-4-8;3-2(4,5)1(6)7/h1-2H2;(H,6,7). The van der Waals surface area contributed by atoms with E-state index < -0.39 is 36.9 Å². The highest BCUT2D eigenvalue weighted by atomic mass is 19.4. The molecule has 0 heterocycles. The van der Waals surface area contributed by atoms with E-state index in [0.29, 0.717) is 0 Å². The Balaban J connectivity index is 0. The van der Waals surface area contributed by atoms with Crippen LogP contribution < -0.4 is 0 Å². The molecule has 0 amide bonds. The molecule has 0 radical (unpaired) electrons. The fourth-order valence-electron chi connectivity index (χ4n) is 0.328. The molecule has 7 nitrogen and oxygen atoms in total. The highest BCUT2D eigenvalue weighted by molar-refractivity contribution is 5.87. The van der Waals surface area contributed by atoms with Gasteiger partial charge in [-0.15, -0.1) is 0 Å². The average Bonchev–Trinajstić information content (AvgIpc) is 2.17. The van der Waals surface area contributed by atoms with Crippen molar-refractivity contribution in [2.24, 2.45) is 0 Å².